The Bertz CT molecular complexity index is 454. The van der Waals surface area contributed by atoms with Gasteiger partial charge in [-0.3, -0.25) is 9.69 Å². The molecule has 0 radical (unpaired) electrons. The van der Waals surface area contributed by atoms with Crippen molar-refractivity contribution in [3.63, 3.8) is 0 Å². The molecule has 2 rings (SSSR count). The Kier molecular flexibility index (Phi) is 5.01. The first-order chi connectivity index (χ1) is 9.61. The van der Waals surface area contributed by atoms with Crippen LogP contribution in [0.4, 0.5) is 5.69 Å². The smallest absolute Gasteiger partial charge is 0.241 e. The molecule has 0 unspecified atom stereocenters. The number of anilines is 1. The van der Waals surface area contributed by atoms with Crippen LogP contribution in [0.3, 0.4) is 0 Å². The van der Waals surface area contributed by atoms with E-state index >= 15 is 0 Å². The van der Waals surface area contributed by atoms with Gasteiger partial charge in [0.2, 0.25) is 5.91 Å². The van der Waals surface area contributed by atoms with Crippen LogP contribution in [-0.2, 0) is 4.79 Å². The van der Waals surface area contributed by atoms with Crippen LogP contribution in [0.25, 0.3) is 0 Å². The van der Waals surface area contributed by atoms with E-state index in [1.165, 1.54) is 12.8 Å². The van der Waals surface area contributed by atoms with Crippen LogP contribution in [0.1, 0.15) is 26.7 Å². The lowest BCUT2D eigenvalue weighted by molar-refractivity contribution is -0.121. The first-order valence-electron chi connectivity index (χ1n) is 7.29. The number of amides is 1. The maximum absolute atomic E-state index is 12.4. The number of methoxy groups -OCH3 is 1. The summed E-state index contributed by atoms with van der Waals surface area (Å²) < 4.78 is 5.26. The van der Waals surface area contributed by atoms with Crippen molar-refractivity contribution < 1.29 is 9.53 Å². The van der Waals surface area contributed by atoms with E-state index in [2.05, 4.69) is 17.1 Å². The predicted octanol–water partition coefficient (Wildman–Crippen LogP) is 2.75. The summed E-state index contributed by atoms with van der Waals surface area (Å²) in [5.74, 6) is 1.50. The molecule has 0 saturated carbocycles. The maximum atomic E-state index is 12.4. The maximum Gasteiger partial charge on any atom is 0.241 e. The Hall–Kier alpha value is -1.55. The minimum Gasteiger partial charge on any atom is -0.495 e. The molecule has 0 bridgehead atoms. The third kappa shape index (κ3) is 3.51. The highest BCUT2D eigenvalue weighted by atomic mass is 16.5. The monoisotopic (exact) mass is 276 g/mol. The summed E-state index contributed by atoms with van der Waals surface area (Å²) in [6.45, 7) is 6.25. The molecule has 1 fully saturated rings. The molecule has 1 aromatic rings. The van der Waals surface area contributed by atoms with Crippen molar-refractivity contribution in [2.75, 3.05) is 25.5 Å². The van der Waals surface area contributed by atoms with Crippen LogP contribution in [0, 0.1) is 5.92 Å². The van der Waals surface area contributed by atoms with Crippen molar-refractivity contribution in [1.29, 1.82) is 0 Å². The van der Waals surface area contributed by atoms with Crippen molar-refractivity contribution in [2.45, 2.75) is 32.7 Å². The largest absolute Gasteiger partial charge is 0.495 e. The average Bonchev–Trinajstić information content (AvgIpc) is 2.48. The molecule has 1 aliphatic heterocycles. The Morgan fingerprint density at radius 1 is 1.35 bits per heavy atom. The number of nitrogens with one attached hydrogen (secondary N) is 1. The normalized spacial score (nSPS) is 18.6. The molecular weight excluding hydrogens is 252 g/mol. The zero-order valence-electron chi connectivity index (χ0n) is 12.6. The molecule has 1 N–H and O–H groups in total. The van der Waals surface area contributed by atoms with Gasteiger partial charge < -0.3 is 10.1 Å². The van der Waals surface area contributed by atoms with E-state index in [0.717, 1.165) is 24.7 Å². The van der Waals surface area contributed by atoms with E-state index in [1.807, 2.05) is 31.2 Å². The molecule has 0 aromatic heterocycles. The van der Waals surface area contributed by atoms with Crippen molar-refractivity contribution in [3.05, 3.63) is 24.3 Å². The Balaban J connectivity index is 1.97. The molecule has 1 heterocycles. The zero-order chi connectivity index (χ0) is 14.5. The summed E-state index contributed by atoms with van der Waals surface area (Å²) in [6, 6.07) is 7.40. The molecule has 1 amide bonds. The fourth-order valence-electron chi connectivity index (χ4n) is 2.57. The lowest BCUT2D eigenvalue weighted by Gasteiger charge is -2.34. The molecule has 110 valence electrons. The first kappa shape index (κ1) is 14.9. The lowest BCUT2D eigenvalue weighted by atomic mass is 9.98. The number of ether oxygens (including phenoxy) is 1. The molecule has 0 spiro atoms. The van der Waals surface area contributed by atoms with Gasteiger partial charge >= 0.3 is 0 Å². The van der Waals surface area contributed by atoms with E-state index in [0.29, 0.717) is 5.75 Å². The fourth-order valence-corrected chi connectivity index (χ4v) is 2.57. The van der Waals surface area contributed by atoms with Gasteiger partial charge in [0.15, 0.2) is 0 Å². The molecule has 4 nitrogen and oxygen atoms in total. The van der Waals surface area contributed by atoms with Crippen LogP contribution in [0.5, 0.6) is 5.75 Å². The SMILES string of the molecule is COc1ccccc1NC(=O)[C@H](C)N1CCC(C)CC1. The molecule has 1 aromatic carbocycles. The van der Waals surface area contributed by atoms with Crippen LogP contribution in [0.15, 0.2) is 24.3 Å². The minimum absolute atomic E-state index is 0.0315. The Labute approximate surface area is 121 Å². The van der Waals surface area contributed by atoms with Crippen molar-refractivity contribution in [1.82, 2.24) is 4.90 Å². The molecule has 4 heteroatoms. The quantitative estimate of drug-likeness (QED) is 0.919. The molecule has 1 atom stereocenters. The van der Waals surface area contributed by atoms with Crippen LogP contribution in [-0.4, -0.2) is 37.0 Å². The standard InChI is InChI=1S/C16H24N2O2/c1-12-8-10-18(11-9-12)13(2)16(19)17-14-6-4-5-7-15(14)20-3/h4-7,12-13H,8-11H2,1-3H3,(H,17,19)/t13-/m0/s1. The number of piperidine rings is 1. The van der Waals surface area contributed by atoms with E-state index in [-0.39, 0.29) is 11.9 Å². The fraction of sp³-hybridized carbons (Fsp3) is 0.562. The van der Waals surface area contributed by atoms with Crippen molar-refractivity contribution in [3.8, 4) is 5.75 Å². The van der Waals surface area contributed by atoms with E-state index < -0.39 is 0 Å². The summed E-state index contributed by atoms with van der Waals surface area (Å²) in [5.41, 5.74) is 0.734. The molecular formula is C16H24N2O2. The van der Waals surface area contributed by atoms with Crippen LogP contribution in [0.2, 0.25) is 0 Å². The van der Waals surface area contributed by atoms with Crippen LogP contribution < -0.4 is 10.1 Å². The number of hydrogen-bond donors (Lipinski definition) is 1. The van der Waals surface area contributed by atoms with E-state index in [9.17, 15) is 4.79 Å². The predicted molar refractivity (Wildman–Crippen MR) is 81.1 cm³/mol. The number of carbonyl (C=O) groups excluding carboxylic acids is 1. The average molecular weight is 276 g/mol. The number of hydrogen-bond acceptors (Lipinski definition) is 3. The Morgan fingerprint density at radius 2 is 2.00 bits per heavy atom. The zero-order valence-corrected chi connectivity index (χ0v) is 12.6. The summed E-state index contributed by atoms with van der Waals surface area (Å²) in [6.07, 6.45) is 2.35. The number of para-hydroxylation sites is 2. The summed E-state index contributed by atoms with van der Waals surface area (Å²) in [4.78, 5) is 14.6. The van der Waals surface area contributed by atoms with Crippen molar-refractivity contribution in [2.24, 2.45) is 5.92 Å². The second kappa shape index (κ2) is 6.75. The van der Waals surface area contributed by atoms with Gasteiger partial charge in [0.05, 0.1) is 18.8 Å². The number of carbonyl (C=O) groups is 1. The second-order valence-corrected chi connectivity index (χ2v) is 5.58. The molecule has 1 saturated heterocycles. The van der Waals surface area contributed by atoms with E-state index in [1.54, 1.807) is 7.11 Å². The van der Waals surface area contributed by atoms with Gasteiger partial charge in [-0.1, -0.05) is 19.1 Å². The third-order valence-corrected chi connectivity index (χ3v) is 4.11. The molecule has 0 aliphatic carbocycles. The Morgan fingerprint density at radius 3 is 2.65 bits per heavy atom. The number of likely N-dealkylation sites (tertiary alicyclic amines) is 1. The van der Waals surface area contributed by atoms with Gasteiger partial charge in [-0.15, -0.1) is 0 Å². The number of rotatable bonds is 4. The highest BCUT2D eigenvalue weighted by Gasteiger charge is 2.25. The highest BCUT2D eigenvalue weighted by molar-refractivity contribution is 5.95. The van der Waals surface area contributed by atoms with Gasteiger partial charge in [0.25, 0.3) is 0 Å². The minimum atomic E-state index is -0.104. The molecule has 1 aliphatic rings. The third-order valence-electron chi connectivity index (χ3n) is 4.11. The summed E-state index contributed by atoms with van der Waals surface area (Å²) in [5, 5.41) is 2.96. The number of nitrogens with zero attached hydrogens (tertiary/aromatic N) is 1. The van der Waals surface area contributed by atoms with Gasteiger partial charge in [-0.2, -0.15) is 0 Å². The first-order valence-corrected chi connectivity index (χ1v) is 7.29. The van der Waals surface area contributed by atoms with E-state index in [4.69, 9.17) is 4.74 Å². The summed E-state index contributed by atoms with van der Waals surface area (Å²) >= 11 is 0. The number of benzene rings is 1. The lowest BCUT2D eigenvalue weighted by Crippen LogP contribution is -2.45. The highest BCUT2D eigenvalue weighted by Crippen LogP contribution is 2.24. The van der Waals surface area contributed by atoms with Gasteiger partial charge in [0.1, 0.15) is 5.75 Å². The summed E-state index contributed by atoms with van der Waals surface area (Å²) in [7, 11) is 1.61. The topological polar surface area (TPSA) is 41.6 Å². The second-order valence-electron chi connectivity index (χ2n) is 5.58. The van der Waals surface area contributed by atoms with Gasteiger partial charge in [-0.05, 0) is 50.9 Å². The van der Waals surface area contributed by atoms with Gasteiger partial charge in [0, 0.05) is 0 Å². The van der Waals surface area contributed by atoms with Gasteiger partial charge in [-0.25, -0.2) is 0 Å². The van der Waals surface area contributed by atoms with Crippen molar-refractivity contribution >= 4 is 11.6 Å². The molecule has 20 heavy (non-hydrogen) atoms. The van der Waals surface area contributed by atoms with Crippen LogP contribution >= 0.6 is 0 Å².